The maximum Gasteiger partial charge on any atom is 0.251 e. The predicted molar refractivity (Wildman–Crippen MR) is 106 cm³/mol. The standard InChI is InChI=1S/C23H31NO/c1-17(2)20-10-8-19(9-11-20)7-5-6-16-24-23(25)22-14-12-21(13-15-22)18(3)4/h8-15,17-18H,5-7,16H2,1-4H3,(H,24,25). The van der Waals surface area contributed by atoms with Gasteiger partial charge in [0.1, 0.15) is 0 Å². The summed E-state index contributed by atoms with van der Waals surface area (Å²) in [5.41, 5.74) is 4.77. The molecule has 0 unspecified atom stereocenters. The van der Waals surface area contributed by atoms with Crippen molar-refractivity contribution in [3.05, 3.63) is 70.8 Å². The molecule has 2 aromatic carbocycles. The number of nitrogens with one attached hydrogen (secondary N) is 1. The summed E-state index contributed by atoms with van der Waals surface area (Å²) in [7, 11) is 0. The molecule has 0 saturated carbocycles. The van der Waals surface area contributed by atoms with Crippen molar-refractivity contribution < 1.29 is 4.79 Å². The summed E-state index contributed by atoms with van der Waals surface area (Å²) in [5, 5.41) is 3.02. The Morgan fingerprint density at radius 2 is 1.32 bits per heavy atom. The van der Waals surface area contributed by atoms with Crippen LogP contribution in [0.3, 0.4) is 0 Å². The van der Waals surface area contributed by atoms with Gasteiger partial charge in [-0.1, -0.05) is 64.1 Å². The van der Waals surface area contributed by atoms with Crippen LogP contribution in [0.25, 0.3) is 0 Å². The first-order valence-corrected chi connectivity index (χ1v) is 9.44. The lowest BCUT2D eigenvalue weighted by Gasteiger charge is -2.09. The molecule has 1 amide bonds. The zero-order valence-corrected chi connectivity index (χ0v) is 16.0. The van der Waals surface area contributed by atoms with Gasteiger partial charge >= 0.3 is 0 Å². The van der Waals surface area contributed by atoms with Gasteiger partial charge in [-0.05, 0) is 59.9 Å². The van der Waals surface area contributed by atoms with E-state index in [0.29, 0.717) is 11.8 Å². The first-order chi connectivity index (χ1) is 12.0. The minimum absolute atomic E-state index is 0.0246. The molecule has 0 saturated heterocycles. The second-order valence-electron chi connectivity index (χ2n) is 7.39. The second-order valence-corrected chi connectivity index (χ2v) is 7.39. The number of carbonyl (C=O) groups is 1. The molecule has 2 heteroatoms. The van der Waals surface area contributed by atoms with E-state index in [-0.39, 0.29) is 5.91 Å². The molecule has 2 nitrogen and oxygen atoms in total. The second kappa shape index (κ2) is 9.41. The maximum atomic E-state index is 12.1. The fourth-order valence-corrected chi connectivity index (χ4v) is 2.85. The van der Waals surface area contributed by atoms with Gasteiger partial charge in [-0.3, -0.25) is 4.79 Å². The van der Waals surface area contributed by atoms with Crippen molar-refractivity contribution in [1.82, 2.24) is 5.32 Å². The summed E-state index contributed by atoms with van der Waals surface area (Å²) in [6, 6.07) is 16.8. The summed E-state index contributed by atoms with van der Waals surface area (Å²) >= 11 is 0. The van der Waals surface area contributed by atoms with E-state index in [1.165, 1.54) is 16.7 Å². The molecule has 0 radical (unpaired) electrons. The van der Waals surface area contributed by atoms with E-state index in [9.17, 15) is 4.79 Å². The minimum Gasteiger partial charge on any atom is -0.352 e. The molecule has 0 aliphatic heterocycles. The molecule has 0 atom stereocenters. The van der Waals surface area contributed by atoms with Gasteiger partial charge in [0.2, 0.25) is 0 Å². The SMILES string of the molecule is CC(C)c1ccc(CCCCNC(=O)c2ccc(C(C)C)cc2)cc1. The Balaban J connectivity index is 1.69. The Bertz CT molecular complexity index is 653. The van der Waals surface area contributed by atoms with Gasteiger partial charge in [0.15, 0.2) is 0 Å². The van der Waals surface area contributed by atoms with Gasteiger partial charge in [-0.15, -0.1) is 0 Å². The summed E-state index contributed by atoms with van der Waals surface area (Å²) in [4.78, 5) is 12.1. The highest BCUT2D eigenvalue weighted by Gasteiger charge is 2.06. The molecular formula is C23H31NO. The third kappa shape index (κ3) is 6.04. The molecule has 2 aromatic rings. The first kappa shape index (κ1) is 19.2. The molecule has 1 N–H and O–H groups in total. The van der Waals surface area contributed by atoms with Crippen LogP contribution in [0.5, 0.6) is 0 Å². The molecular weight excluding hydrogens is 306 g/mol. The predicted octanol–water partition coefficient (Wildman–Crippen LogP) is 5.69. The fraction of sp³-hybridized carbons (Fsp3) is 0.435. The van der Waals surface area contributed by atoms with Crippen LogP contribution in [-0.4, -0.2) is 12.5 Å². The molecule has 0 spiro atoms. The highest BCUT2D eigenvalue weighted by atomic mass is 16.1. The first-order valence-electron chi connectivity index (χ1n) is 9.44. The largest absolute Gasteiger partial charge is 0.352 e. The molecule has 0 aliphatic rings. The highest BCUT2D eigenvalue weighted by molar-refractivity contribution is 5.94. The Labute approximate surface area is 152 Å². The van der Waals surface area contributed by atoms with E-state index in [0.717, 1.165) is 31.4 Å². The van der Waals surface area contributed by atoms with E-state index in [4.69, 9.17) is 0 Å². The fourth-order valence-electron chi connectivity index (χ4n) is 2.85. The normalized spacial score (nSPS) is 11.1. The molecule has 2 rings (SSSR count). The van der Waals surface area contributed by atoms with Crippen molar-refractivity contribution in [3.8, 4) is 0 Å². The zero-order chi connectivity index (χ0) is 18.2. The van der Waals surface area contributed by atoms with E-state index in [1.54, 1.807) is 0 Å². The van der Waals surface area contributed by atoms with Crippen LogP contribution in [0.4, 0.5) is 0 Å². The molecule has 0 heterocycles. The number of amides is 1. The molecule has 134 valence electrons. The van der Waals surface area contributed by atoms with Gasteiger partial charge in [0.05, 0.1) is 0 Å². The Morgan fingerprint density at radius 3 is 1.84 bits per heavy atom. The third-order valence-electron chi connectivity index (χ3n) is 4.66. The average Bonchev–Trinajstić information content (AvgIpc) is 2.61. The highest BCUT2D eigenvalue weighted by Crippen LogP contribution is 2.16. The number of unbranched alkanes of at least 4 members (excludes halogenated alkanes) is 1. The van der Waals surface area contributed by atoms with Gasteiger partial charge in [0, 0.05) is 12.1 Å². The van der Waals surface area contributed by atoms with Crippen LogP contribution in [-0.2, 0) is 6.42 Å². The van der Waals surface area contributed by atoms with E-state index in [2.05, 4.69) is 57.3 Å². The summed E-state index contributed by atoms with van der Waals surface area (Å²) in [6.45, 7) is 9.48. The monoisotopic (exact) mass is 337 g/mol. The lowest BCUT2D eigenvalue weighted by Crippen LogP contribution is -2.24. The van der Waals surface area contributed by atoms with Crippen molar-refractivity contribution in [1.29, 1.82) is 0 Å². The molecule has 0 aliphatic carbocycles. The summed E-state index contributed by atoms with van der Waals surface area (Å²) in [6.07, 6.45) is 3.16. The Kier molecular flexibility index (Phi) is 7.24. The van der Waals surface area contributed by atoms with Crippen molar-refractivity contribution in [2.45, 2.75) is 58.8 Å². The Hall–Kier alpha value is -2.09. The number of hydrogen-bond acceptors (Lipinski definition) is 1. The van der Waals surface area contributed by atoms with Crippen LogP contribution in [0.2, 0.25) is 0 Å². The van der Waals surface area contributed by atoms with Crippen molar-refractivity contribution >= 4 is 5.91 Å². The van der Waals surface area contributed by atoms with E-state index < -0.39 is 0 Å². The molecule has 0 bridgehead atoms. The summed E-state index contributed by atoms with van der Waals surface area (Å²) in [5.74, 6) is 1.10. The van der Waals surface area contributed by atoms with Crippen LogP contribution in [0, 0.1) is 0 Å². The van der Waals surface area contributed by atoms with Crippen molar-refractivity contribution in [2.75, 3.05) is 6.54 Å². The topological polar surface area (TPSA) is 29.1 Å². The number of rotatable bonds is 8. The Morgan fingerprint density at radius 1 is 0.800 bits per heavy atom. The quantitative estimate of drug-likeness (QED) is 0.616. The lowest BCUT2D eigenvalue weighted by molar-refractivity contribution is 0.0953. The minimum atomic E-state index is 0.0246. The van der Waals surface area contributed by atoms with Crippen molar-refractivity contribution in [2.24, 2.45) is 0 Å². The van der Waals surface area contributed by atoms with Gasteiger partial charge in [-0.2, -0.15) is 0 Å². The molecule has 0 aromatic heterocycles. The number of carbonyl (C=O) groups excluding carboxylic acids is 1. The zero-order valence-electron chi connectivity index (χ0n) is 16.0. The van der Waals surface area contributed by atoms with Crippen LogP contribution >= 0.6 is 0 Å². The molecule has 25 heavy (non-hydrogen) atoms. The molecule has 0 fully saturated rings. The van der Waals surface area contributed by atoms with Crippen LogP contribution in [0.15, 0.2) is 48.5 Å². The van der Waals surface area contributed by atoms with E-state index >= 15 is 0 Å². The van der Waals surface area contributed by atoms with Gasteiger partial charge in [0.25, 0.3) is 5.91 Å². The third-order valence-corrected chi connectivity index (χ3v) is 4.66. The lowest BCUT2D eigenvalue weighted by atomic mass is 10.00. The van der Waals surface area contributed by atoms with E-state index in [1.807, 2.05) is 24.3 Å². The van der Waals surface area contributed by atoms with Gasteiger partial charge in [-0.25, -0.2) is 0 Å². The summed E-state index contributed by atoms with van der Waals surface area (Å²) < 4.78 is 0. The maximum absolute atomic E-state index is 12.1. The number of aryl methyl sites for hydroxylation is 1. The smallest absolute Gasteiger partial charge is 0.251 e. The van der Waals surface area contributed by atoms with Crippen LogP contribution < -0.4 is 5.32 Å². The van der Waals surface area contributed by atoms with Gasteiger partial charge < -0.3 is 5.32 Å². The number of hydrogen-bond donors (Lipinski definition) is 1. The number of benzene rings is 2. The average molecular weight is 338 g/mol. The van der Waals surface area contributed by atoms with Crippen LogP contribution in [0.1, 0.15) is 79.4 Å². The van der Waals surface area contributed by atoms with Crippen molar-refractivity contribution in [3.63, 3.8) is 0 Å².